The first-order valence-corrected chi connectivity index (χ1v) is 7.95. The van der Waals surface area contributed by atoms with Gasteiger partial charge in [0.1, 0.15) is 0 Å². The average Bonchev–Trinajstić information content (AvgIpc) is 2.25. The second-order valence-corrected chi connectivity index (χ2v) is 6.47. The summed E-state index contributed by atoms with van der Waals surface area (Å²) in [5.74, 6) is -0.417. The molecule has 1 amide bonds. The van der Waals surface area contributed by atoms with E-state index >= 15 is 0 Å². The van der Waals surface area contributed by atoms with E-state index in [-0.39, 0.29) is 6.04 Å². The van der Waals surface area contributed by atoms with Crippen LogP contribution in [0, 0.1) is 0 Å². The molecule has 0 radical (unpaired) electrons. The van der Waals surface area contributed by atoms with E-state index in [0.29, 0.717) is 5.57 Å². The molecule has 1 rings (SSSR count). The van der Waals surface area contributed by atoms with Crippen molar-refractivity contribution in [1.82, 2.24) is 5.32 Å². The van der Waals surface area contributed by atoms with Crippen LogP contribution < -0.4 is 5.32 Å². The average molecular weight is 275 g/mol. The first kappa shape index (κ1) is 15.2. The van der Waals surface area contributed by atoms with Gasteiger partial charge in [-0.15, -0.1) is 0 Å². The topological polar surface area (TPSA) is 72.5 Å². The van der Waals surface area contributed by atoms with Gasteiger partial charge in [-0.05, 0) is 25.3 Å². The highest BCUT2D eigenvalue weighted by Crippen LogP contribution is 2.18. The lowest BCUT2D eigenvalue weighted by Gasteiger charge is -2.25. The molecule has 104 valence electrons. The van der Waals surface area contributed by atoms with Crippen molar-refractivity contribution in [3.8, 4) is 0 Å². The van der Waals surface area contributed by atoms with Gasteiger partial charge >= 0.3 is 0 Å². The van der Waals surface area contributed by atoms with Gasteiger partial charge in [0.05, 0.1) is 6.26 Å². The Morgan fingerprint density at radius 2 is 1.89 bits per heavy atom. The van der Waals surface area contributed by atoms with E-state index in [1.165, 1.54) is 6.42 Å². The number of amides is 1. The Bertz CT molecular complexity index is 410. The largest absolute Gasteiger partial charge is 0.351 e. The van der Waals surface area contributed by atoms with E-state index in [4.69, 9.17) is 4.18 Å². The minimum atomic E-state index is -3.68. The highest BCUT2D eigenvalue weighted by Gasteiger charge is 2.27. The number of hydrogen-bond donors (Lipinski definition) is 1. The maximum absolute atomic E-state index is 12.0. The summed E-state index contributed by atoms with van der Waals surface area (Å²) in [6.07, 6.45) is 5.06. The van der Waals surface area contributed by atoms with Crippen molar-refractivity contribution in [1.29, 1.82) is 0 Å². The van der Waals surface area contributed by atoms with Crippen LogP contribution in [0.4, 0.5) is 0 Å². The second kappa shape index (κ2) is 6.33. The van der Waals surface area contributed by atoms with Gasteiger partial charge in [0.25, 0.3) is 16.0 Å². The van der Waals surface area contributed by atoms with Crippen LogP contribution in [-0.4, -0.2) is 32.7 Å². The van der Waals surface area contributed by atoms with Crippen molar-refractivity contribution in [2.24, 2.45) is 0 Å². The fourth-order valence-electron chi connectivity index (χ4n) is 2.05. The lowest BCUT2D eigenvalue weighted by atomic mass is 9.95. The van der Waals surface area contributed by atoms with E-state index in [1.54, 1.807) is 6.92 Å². The first-order valence-electron chi connectivity index (χ1n) is 6.13. The molecule has 0 bridgehead atoms. The standard InChI is InChI=1S/C12H21NO4S/c1-9(2)11(17-18(3,15)16)12(14)13-10-7-5-4-6-8-10/h10-11H,1,4-8H2,2-3H3,(H,13,14)/t11-/m1/s1. The molecule has 0 spiro atoms. The molecule has 1 aliphatic carbocycles. The highest BCUT2D eigenvalue weighted by molar-refractivity contribution is 7.86. The molecule has 1 atom stereocenters. The number of carbonyl (C=O) groups is 1. The van der Waals surface area contributed by atoms with Crippen molar-refractivity contribution in [2.75, 3.05) is 6.26 Å². The summed E-state index contributed by atoms with van der Waals surface area (Å²) >= 11 is 0. The zero-order valence-electron chi connectivity index (χ0n) is 10.9. The predicted octanol–water partition coefficient (Wildman–Crippen LogP) is 1.36. The second-order valence-electron chi connectivity index (χ2n) is 4.87. The smallest absolute Gasteiger partial charge is 0.265 e. The Kier molecular flexibility index (Phi) is 5.34. The third-order valence-corrected chi connectivity index (χ3v) is 3.45. The van der Waals surface area contributed by atoms with E-state index in [0.717, 1.165) is 31.9 Å². The fraction of sp³-hybridized carbons (Fsp3) is 0.750. The lowest BCUT2D eigenvalue weighted by Crippen LogP contribution is -2.44. The Balaban J connectivity index is 2.62. The molecule has 5 nitrogen and oxygen atoms in total. The molecule has 0 heterocycles. The SMILES string of the molecule is C=C(C)[C@@H](OS(C)(=O)=O)C(=O)NC1CCCCC1. The molecule has 0 unspecified atom stereocenters. The summed E-state index contributed by atoms with van der Waals surface area (Å²) in [7, 11) is -3.68. The van der Waals surface area contributed by atoms with E-state index in [9.17, 15) is 13.2 Å². The molecular weight excluding hydrogens is 254 g/mol. The summed E-state index contributed by atoms with van der Waals surface area (Å²) in [6.45, 7) is 5.18. The molecule has 0 aromatic carbocycles. The summed E-state index contributed by atoms with van der Waals surface area (Å²) < 4.78 is 27.0. The lowest BCUT2D eigenvalue weighted by molar-refractivity contribution is -0.127. The third-order valence-electron chi connectivity index (χ3n) is 2.91. The minimum absolute atomic E-state index is 0.122. The monoisotopic (exact) mass is 275 g/mol. The van der Waals surface area contributed by atoms with Crippen LogP contribution in [0.15, 0.2) is 12.2 Å². The van der Waals surface area contributed by atoms with Gasteiger partial charge in [-0.2, -0.15) is 8.42 Å². The zero-order valence-corrected chi connectivity index (χ0v) is 11.8. The molecule has 1 N–H and O–H groups in total. The number of hydrogen-bond acceptors (Lipinski definition) is 4. The highest BCUT2D eigenvalue weighted by atomic mass is 32.2. The fourth-order valence-corrected chi connectivity index (χ4v) is 2.65. The molecule has 18 heavy (non-hydrogen) atoms. The van der Waals surface area contributed by atoms with Crippen LogP contribution in [0.2, 0.25) is 0 Å². The Morgan fingerprint density at radius 3 is 2.33 bits per heavy atom. The van der Waals surface area contributed by atoms with Gasteiger partial charge in [-0.1, -0.05) is 25.8 Å². The van der Waals surface area contributed by atoms with Crippen LogP contribution in [0.1, 0.15) is 39.0 Å². The van der Waals surface area contributed by atoms with Crippen molar-refractivity contribution in [3.63, 3.8) is 0 Å². The summed E-state index contributed by atoms with van der Waals surface area (Å²) in [4.78, 5) is 12.0. The van der Waals surface area contributed by atoms with Crippen LogP contribution in [0.5, 0.6) is 0 Å². The van der Waals surface area contributed by atoms with Crippen molar-refractivity contribution in [2.45, 2.75) is 51.2 Å². The maximum atomic E-state index is 12.0. The Hall–Kier alpha value is -0.880. The molecule has 0 aromatic heterocycles. The maximum Gasteiger partial charge on any atom is 0.265 e. The van der Waals surface area contributed by atoms with Crippen molar-refractivity contribution in [3.05, 3.63) is 12.2 Å². The zero-order chi connectivity index (χ0) is 13.8. The number of rotatable bonds is 5. The Morgan fingerprint density at radius 1 is 1.33 bits per heavy atom. The molecule has 1 saturated carbocycles. The molecule has 0 aromatic rings. The number of nitrogens with one attached hydrogen (secondary N) is 1. The van der Waals surface area contributed by atoms with E-state index in [1.807, 2.05) is 0 Å². The summed E-state index contributed by atoms with van der Waals surface area (Å²) in [6, 6.07) is 0.122. The van der Waals surface area contributed by atoms with Gasteiger partial charge in [0, 0.05) is 6.04 Å². The molecule has 1 fully saturated rings. The van der Waals surface area contributed by atoms with Gasteiger partial charge in [-0.25, -0.2) is 0 Å². The third kappa shape index (κ3) is 5.18. The number of carbonyl (C=O) groups excluding carboxylic acids is 1. The van der Waals surface area contributed by atoms with Gasteiger partial charge < -0.3 is 5.32 Å². The molecular formula is C12H21NO4S. The van der Waals surface area contributed by atoms with Crippen LogP contribution >= 0.6 is 0 Å². The molecule has 6 heteroatoms. The predicted molar refractivity (Wildman–Crippen MR) is 69.5 cm³/mol. The van der Waals surface area contributed by atoms with Gasteiger partial charge in [-0.3, -0.25) is 8.98 Å². The van der Waals surface area contributed by atoms with Crippen LogP contribution in [0.25, 0.3) is 0 Å². The van der Waals surface area contributed by atoms with Crippen LogP contribution in [-0.2, 0) is 19.1 Å². The van der Waals surface area contributed by atoms with E-state index < -0.39 is 22.1 Å². The first-order chi connectivity index (χ1) is 8.29. The molecule has 0 saturated heterocycles. The van der Waals surface area contributed by atoms with Crippen molar-refractivity contribution >= 4 is 16.0 Å². The normalized spacial score (nSPS) is 19.2. The summed E-state index contributed by atoms with van der Waals surface area (Å²) in [5, 5.41) is 2.83. The molecule has 1 aliphatic rings. The Labute approximate surface area is 109 Å². The van der Waals surface area contributed by atoms with Gasteiger partial charge in [0.15, 0.2) is 6.10 Å². The van der Waals surface area contributed by atoms with Crippen LogP contribution in [0.3, 0.4) is 0 Å². The van der Waals surface area contributed by atoms with E-state index in [2.05, 4.69) is 11.9 Å². The van der Waals surface area contributed by atoms with Crippen molar-refractivity contribution < 1.29 is 17.4 Å². The minimum Gasteiger partial charge on any atom is -0.351 e. The molecule has 0 aliphatic heterocycles. The quantitative estimate of drug-likeness (QED) is 0.607. The summed E-state index contributed by atoms with van der Waals surface area (Å²) in [5.41, 5.74) is 0.383. The van der Waals surface area contributed by atoms with Gasteiger partial charge in [0.2, 0.25) is 0 Å².